The number of nitrogens with zero attached hydrogens (tertiary/aromatic N) is 2. The number of nitrogens with one attached hydrogen (secondary N) is 5. The van der Waals surface area contributed by atoms with Crippen LogP contribution in [0.4, 0.5) is 0 Å². The van der Waals surface area contributed by atoms with Crippen LogP contribution in [-0.4, -0.2) is 160 Å². The van der Waals surface area contributed by atoms with Crippen molar-refractivity contribution in [2.24, 2.45) is 29.1 Å². The van der Waals surface area contributed by atoms with Gasteiger partial charge >= 0.3 is 6.15 Å². The van der Waals surface area contributed by atoms with Crippen molar-refractivity contribution in [1.29, 1.82) is 0 Å². The SMILES string of the molecule is CC(C)(C)CCOCCOCCOCCNC(=O)COc1cc(C(=O)N2C[C@@H](C(=O)N[C@H]3C[C@@H]3c3ccccc3)[C@H](C(=O)N[C@H]3C[C@@H]3c3ccccc3)C2)ccc1C(=O)N1C[C@@H](C(=O)N[C@H]2C[C@@H]2c2ccccc2)[C@H](C(=O)N[C@H]2C[C@@H]2c2ccccc2)C1.O=C=O. The first-order chi connectivity index (χ1) is 44.1. The second-order valence-electron chi connectivity index (χ2n) is 25.9. The minimum atomic E-state index is -0.879. The van der Waals surface area contributed by atoms with Gasteiger partial charge in [-0.2, -0.15) is 9.59 Å². The first kappa shape index (κ1) is 65.4. The van der Waals surface area contributed by atoms with E-state index in [1.807, 2.05) is 121 Å². The van der Waals surface area contributed by atoms with Crippen LogP contribution in [0.1, 0.15) is 120 Å². The lowest BCUT2D eigenvalue weighted by atomic mass is 9.93. The maximum atomic E-state index is 15.1. The van der Waals surface area contributed by atoms with Crippen LogP contribution < -0.4 is 31.3 Å². The van der Waals surface area contributed by atoms with E-state index in [2.05, 4.69) is 47.4 Å². The highest BCUT2D eigenvalue weighted by atomic mass is 16.5. The third-order valence-corrected chi connectivity index (χ3v) is 18.1. The Kier molecular flexibility index (Phi) is 21.9. The van der Waals surface area contributed by atoms with Crippen LogP contribution in [0, 0.1) is 29.1 Å². The fourth-order valence-electron chi connectivity index (χ4n) is 12.5. The van der Waals surface area contributed by atoms with Crippen LogP contribution in [0.15, 0.2) is 140 Å². The number of rotatable bonds is 28. The Labute approximate surface area is 531 Å². The van der Waals surface area contributed by atoms with Gasteiger partial charge in [0, 0.05) is 92.7 Å². The second-order valence-corrected chi connectivity index (χ2v) is 25.9. The van der Waals surface area contributed by atoms with E-state index in [-0.39, 0.29) is 139 Å². The van der Waals surface area contributed by atoms with Gasteiger partial charge in [0.05, 0.1) is 62.3 Å². The van der Waals surface area contributed by atoms with Crippen LogP contribution in [0.2, 0.25) is 0 Å². The molecule has 11 rings (SSSR count). The van der Waals surface area contributed by atoms with E-state index in [1.165, 1.54) is 28.0 Å². The second kappa shape index (κ2) is 30.5. The highest BCUT2D eigenvalue weighted by Gasteiger charge is 2.51. The van der Waals surface area contributed by atoms with Gasteiger partial charge in [0.1, 0.15) is 5.75 Å². The van der Waals surface area contributed by atoms with Gasteiger partial charge in [-0.25, -0.2) is 0 Å². The highest BCUT2D eigenvalue weighted by Crippen LogP contribution is 2.45. The van der Waals surface area contributed by atoms with Crippen molar-refractivity contribution in [3.8, 4) is 5.75 Å². The van der Waals surface area contributed by atoms with Crippen LogP contribution in [-0.2, 0) is 47.8 Å². The molecule has 12 atom stereocenters. The lowest BCUT2D eigenvalue weighted by Gasteiger charge is -2.21. The van der Waals surface area contributed by atoms with Crippen molar-refractivity contribution in [3.05, 3.63) is 173 Å². The third-order valence-electron chi connectivity index (χ3n) is 18.1. The molecule has 0 unspecified atom stereocenters. The van der Waals surface area contributed by atoms with Gasteiger partial charge in [0.15, 0.2) is 6.61 Å². The molecular weight excluding hydrogens is 1160 g/mol. The Morgan fingerprint density at radius 2 is 0.802 bits per heavy atom. The zero-order valence-electron chi connectivity index (χ0n) is 51.9. The molecule has 5 aromatic carbocycles. The summed E-state index contributed by atoms with van der Waals surface area (Å²) in [5.74, 6) is -5.80. The number of carbonyl (C=O) groups is 7. The number of likely N-dealkylation sites (tertiary alicyclic amines) is 2. The maximum Gasteiger partial charge on any atom is 0.373 e. The highest BCUT2D eigenvalue weighted by molar-refractivity contribution is 6.02. The predicted molar refractivity (Wildman–Crippen MR) is 335 cm³/mol. The lowest BCUT2D eigenvalue weighted by Crippen LogP contribution is -2.43. The van der Waals surface area contributed by atoms with E-state index < -0.39 is 48.0 Å². The smallest absolute Gasteiger partial charge is 0.373 e. The number of hydrogen-bond donors (Lipinski definition) is 5. The monoisotopic (exact) mass is 1240 g/mol. The Hall–Kier alpha value is -8.55. The fourth-order valence-corrected chi connectivity index (χ4v) is 12.5. The predicted octanol–water partition coefficient (Wildman–Crippen LogP) is 6.15. The molecule has 91 heavy (non-hydrogen) atoms. The number of benzene rings is 5. The van der Waals surface area contributed by atoms with Crippen LogP contribution in [0.3, 0.4) is 0 Å². The largest absolute Gasteiger partial charge is 0.483 e. The molecule has 0 bridgehead atoms. The minimum Gasteiger partial charge on any atom is -0.483 e. The minimum absolute atomic E-state index is 0.0101. The number of amides is 7. The summed E-state index contributed by atoms with van der Waals surface area (Å²) in [4.78, 5) is 120. The standard InChI is InChI=1S/C70H83N7O11.CO2/c1-70(2,3)26-28-85-30-32-87-33-31-86-29-27-71-63(78)43-88-62-34-48(68(83)76-39-54(64(79)72-58-35-50(58)44-16-8-4-9-17-44)55(40-76)65(80)73-59-36-51(59)45-18-10-5-11-19-45)24-25-49(62)69(84)77-41-56(66(81)74-60-37-52(60)46-20-12-6-13-21-46)57(42-77)67(82)75-61-38-53(61)47-22-14-7-15-23-47;2-1-3/h4-25,34,50-61H,26-33,35-43H2,1-3H3,(H,71,78)(H,72,79)(H,73,80)(H,74,81)(H,75,82);/t50-,51-,52-,53-,54-,55-,56-,57-,58+,59+,60+,61+;/m1./s1. The third kappa shape index (κ3) is 17.9. The molecule has 2 heterocycles. The Morgan fingerprint density at radius 1 is 0.462 bits per heavy atom. The van der Waals surface area contributed by atoms with Gasteiger partial charge in [-0.1, -0.05) is 142 Å². The van der Waals surface area contributed by atoms with Crippen molar-refractivity contribution in [1.82, 2.24) is 36.4 Å². The molecule has 4 saturated carbocycles. The molecule has 0 spiro atoms. The number of hydrogen-bond acceptors (Lipinski definition) is 13. The summed E-state index contributed by atoms with van der Waals surface area (Å²) < 4.78 is 23.2. The van der Waals surface area contributed by atoms with Crippen molar-refractivity contribution in [2.75, 3.05) is 79.0 Å². The van der Waals surface area contributed by atoms with E-state index in [0.717, 1.165) is 54.4 Å². The molecule has 20 nitrogen and oxygen atoms in total. The van der Waals surface area contributed by atoms with Gasteiger partial charge in [0.25, 0.3) is 17.7 Å². The quantitative estimate of drug-likeness (QED) is 0.0353. The molecule has 0 radical (unpaired) electrons. The fraction of sp³-hybridized carbons (Fsp3) is 0.465. The Bertz CT molecular complexity index is 3210. The van der Waals surface area contributed by atoms with Gasteiger partial charge in [-0.05, 0) is 78.0 Å². The summed E-state index contributed by atoms with van der Waals surface area (Å²) in [6, 6.07) is 43.8. The molecule has 2 saturated heterocycles. The zero-order chi connectivity index (χ0) is 64.0. The van der Waals surface area contributed by atoms with Crippen molar-refractivity contribution >= 4 is 47.5 Å². The summed E-state index contributed by atoms with van der Waals surface area (Å²) in [5.41, 5.74) is 4.78. The first-order valence-electron chi connectivity index (χ1n) is 31.8. The van der Waals surface area contributed by atoms with E-state index in [0.29, 0.717) is 33.0 Å². The molecule has 5 aromatic rings. The molecule has 2 aliphatic heterocycles. The number of ether oxygens (including phenoxy) is 4. The summed E-state index contributed by atoms with van der Waals surface area (Å²) >= 11 is 0. The maximum absolute atomic E-state index is 15.1. The van der Waals surface area contributed by atoms with Crippen LogP contribution >= 0.6 is 0 Å². The van der Waals surface area contributed by atoms with Crippen LogP contribution in [0.5, 0.6) is 5.75 Å². The molecule has 6 fully saturated rings. The average molecular weight is 1240 g/mol. The topological polar surface area (TPSA) is 257 Å². The van der Waals surface area contributed by atoms with Crippen LogP contribution in [0.25, 0.3) is 0 Å². The molecular formula is C71H83N7O13. The van der Waals surface area contributed by atoms with Crippen molar-refractivity contribution < 1.29 is 62.1 Å². The van der Waals surface area contributed by atoms with Gasteiger partial charge < -0.3 is 55.3 Å². The van der Waals surface area contributed by atoms with E-state index in [4.69, 9.17) is 28.5 Å². The molecule has 7 amide bonds. The molecule has 480 valence electrons. The normalized spacial score (nSPS) is 24.9. The lowest BCUT2D eigenvalue weighted by molar-refractivity contribution is -0.191. The van der Waals surface area contributed by atoms with E-state index >= 15 is 4.79 Å². The average Bonchev–Trinajstić information content (AvgIpc) is 1.84. The molecule has 20 heteroatoms. The zero-order valence-corrected chi connectivity index (χ0v) is 51.9. The summed E-state index contributed by atoms with van der Waals surface area (Å²) in [6.07, 6.45) is 4.23. The molecule has 4 aliphatic carbocycles. The molecule has 0 aromatic heterocycles. The first-order valence-corrected chi connectivity index (χ1v) is 31.8. The number of carbonyl (C=O) groups excluding carboxylic acids is 9. The van der Waals surface area contributed by atoms with E-state index in [1.54, 1.807) is 0 Å². The summed E-state index contributed by atoms with van der Waals surface area (Å²) in [7, 11) is 0. The summed E-state index contributed by atoms with van der Waals surface area (Å²) in [6.45, 7) is 8.34. The van der Waals surface area contributed by atoms with Crippen molar-refractivity contribution in [2.45, 2.75) is 101 Å². The van der Waals surface area contributed by atoms with Crippen molar-refractivity contribution in [3.63, 3.8) is 0 Å². The van der Waals surface area contributed by atoms with Gasteiger partial charge in [0.2, 0.25) is 23.6 Å². The van der Waals surface area contributed by atoms with Gasteiger partial charge in [-0.3, -0.25) is 33.6 Å². The summed E-state index contributed by atoms with van der Waals surface area (Å²) in [5, 5.41) is 15.6. The Morgan fingerprint density at radius 3 is 1.16 bits per heavy atom. The molecule has 6 aliphatic rings. The van der Waals surface area contributed by atoms with Gasteiger partial charge in [-0.15, -0.1) is 0 Å². The molecule has 5 N–H and O–H groups in total. The van der Waals surface area contributed by atoms with E-state index in [9.17, 15) is 28.8 Å². The Balaban J connectivity index is 0.00000297.